The van der Waals surface area contributed by atoms with Crippen molar-refractivity contribution >= 4 is 27.8 Å². The summed E-state index contributed by atoms with van der Waals surface area (Å²) in [6.45, 7) is 5.23. The Bertz CT molecular complexity index is 555. The number of aromatic nitrogens is 2. The third kappa shape index (κ3) is 2.82. The molecule has 3 rings (SSSR count). The topological polar surface area (TPSA) is 37.8 Å². The van der Waals surface area contributed by atoms with Crippen LogP contribution in [0.4, 0.5) is 5.13 Å². The smallest absolute Gasteiger partial charge is 0.183 e. The van der Waals surface area contributed by atoms with Gasteiger partial charge >= 0.3 is 0 Å². The number of hydrogen-bond donors (Lipinski definition) is 1. The Hall–Kier alpha value is -0.940. The van der Waals surface area contributed by atoms with Gasteiger partial charge in [0.25, 0.3) is 0 Å². The zero-order chi connectivity index (χ0) is 13.2. The summed E-state index contributed by atoms with van der Waals surface area (Å²) in [5, 5.41) is 7.78. The van der Waals surface area contributed by atoms with Gasteiger partial charge in [-0.15, -0.1) is 22.7 Å². The van der Waals surface area contributed by atoms with Crippen LogP contribution >= 0.6 is 22.7 Å². The number of thiazole rings is 2. The fourth-order valence-electron chi connectivity index (χ4n) is 2.09. The molecule has 3 nitrogen and oxygen atoms in total. The lowest BCUT2D eigenvalue weighted by Crippen LogP contribution is -1.95. The molecule has 0 bridgehead atoms. The van der Waals surface area contributed by atoms with Crippen LogP contribution in [0, 0.1) is 0 Å². The van der Waals surface area contributed by atoms with E-state index >= 15 is 0 Å². The first-order valence-corrected chi connectivity index (χ1v) is 8.70. The van der Waals surface area contributed by atoms with Crippen LogP contribution in [0.25, 0.3) is 10.6 Å². The molecule has 19 heavy (non-hydrogen) atoms. The zero-order valence-electron chi connectivity index (χ0n) is 11.4. The van der Waals surface area contributed by atoms with E-state index in [0.29, 0.717) is 0 Å². The summed E-state index contributed by atoms with van der Waals surface area (Å²) in [4.78, 5) is 10.8. The van der Waals surface area contributed by atoms with Crippen molar-refractivity contribution in [3.63, 3.8) is 0 Å². The number of nitrogens with one attached hydrogen (secondary N) is 1. The van der Waals surface area contributed by atoms with E-state index in [9.17, 15) is 0 Å². The first-order valence-electron chi connectivity index (χ1n) is 7.01. The molecule has 0 amide bonds. The minimum absolute atomic E-state index is 0.737. The normalized spacial score (nSPS) is 14.8. The van der Waals surface area contributed by atoms with Crippen LogP contribution in [0.1, 0.15) is 49.7 Å². The molecule has 1 saturated carbocycles. The molecule has 0 unspecified atom stereocenters. The van der Waals surface area contributed by atoms with Crippen LogP contribution in [0.5, 0.6) is 0 Å². The van der Waals surface area contributed by atoms with Crippen LogP contribution < -0.4 is 5.32 Å². The van der Waals surface area contributed by atoms with Crippen molar-refractivity contribution in [2.24, 2.45) is 0 Å². The summed E-state index contributed by atoms with van der Waals surface area (Å²) < 4.78 is 0. The molecule has 0 spiro atoms. The summed E-state index contributed by atoms with van der Waals surface area (Å²) in [7, 11) is 0. The second-order valence-electron chi connectivity index (χ2n) is 4.92. The molecular formula is C14H19N3S2. The van der Waals surface area contributed by atoms with E-state index in [4.69, 9.17) is 4.98 Å². The molecule has 2 heterocycles. The highest BCUT2D eigenvalue weighted by atomic mass is 32.1. The predicted molar refractivity (Wildman–Crippen MR) is 83.4 cm³/mol. The van der Waals surface area contributed by atoms with Gasteiger partial charge < -0.3 is 5.32 Å². The van der Waals surface area contributed by atoms with Gasteiger partial charge in [0.15, 0.2) is 5.13 Å². The monoisotopic (exact) mass is 293 g/mol. The highest BCUT2D eigenvalue weighted by Gasteiger charge is 2.28. The highest BCUT2D eigenvalue weighted by molar-refractivity contribution is 7.17. The fourth-order valence-corrected chi connectivity index (χ4v) is 4.18. The SMILES string of the molecule is CCCc1nc(C2CC2)sc1-c1csc(NCC)n1. The Morgan fingerprint density at radius 2 is 2.16 bits per heavy atom. The lowest BCUT2D eigenvalue weighted by atomic mass is 10.2. The van der Waals surface area contributed by atoms with Crippen molar-refractivity contribution in [3.05, 3.63) is 16.1 Å². The van der Waals surface area contributed by atoms with Crippen molar-refractivity contribution in [1.82, 2.24) is 9.97 Å². The standard InChI is InChI=1S/C14H19N3S2/c1-3-5-10-12(19-13(16-10)9-6-7-9)11-8-18-14(17-11)15-4-2/h8-9H,3-7H2,1-2H3,(H,15,17). The third-order valence-corrected chi connectivity index (χ3v) is 5.27. The second-order valence-corrected chi connectivity index (χ2v) is 6.81. The zero-order valence-corrected chi connectivity index (χ0v) is 13.0. The molecule has 2 aromatic heterocycles. The lowest BCUT2D eigenvalue weighted by molar-refractivity contribution is 0.880. The minimum atomic E-state index is 0.737. The number of aryl methyl sites for hydroxylation is 1. The third-order valence-electron chi connectivity index (χ3n) is 3.19. The largest absolute Gasteiger partial charge is 0.362 e. The summed E-state index contributed by atoms with van der Waals surface area (Å²) >= 11 is 3.55. The van der Waals surface area contributed by atoms with Crippen molar-refractivity contribution in [3.8, 4) is 10.6 Å². The first-order chi connectivity index (χ1) is 9.31. The molecule has 1 fully saturated rings. The first kappa shape index (κ1) is 13.1. The average Bonchev–Trinajstić information content (AvgIpc) is 3.01. The molecule has 0 aromatic carbocycles. The molecule has 0 radical (unpaired) electrons. The molecule has 1 aliphatic carbocycles. The van der Waals surface area contributed by atoms with E-state index in [2.05, 4.69) is 29.5 Å². The van der Waals surface area contributed by atoms with Gasteiger partial charge in [-0.3, -0.25) is 0 Å². The van der Waals surface area contributed by atoms with Crippen molar-refractivity contribution in [1.29, 1.82) is 0 Å². The molecule has 5 heteroatoms. The van der Waals surface area contributed by atoms with E-state index in [0.717, 1.165) is 36.1 Å². The summed E-state index contributed by atoms with van der Waals surface area (Å²) in [6, 6.07) is 0. The number of rotatable bonds is 6. The van der Waals surface area contributed by atoms with Crippen LogP contribution in [-0.4, -0.2) is 16.5 Å². The van der Waals surface area contributed by atoms with Gasteiger partial charge in [0.1, 0.15) is 0 Å². The molecule has 0 atom stereocenters. The van der Waals surface area contributed by atoms with Gasteiger partial charge in [-0.25, -0.2) is 9.97 Å². The molecule has 1 aliphatic rings. The van der Waals surface area contributed by atoms with Gasteiger partial charge in [0.05, 0.1) is 21.3 Å². The van der Waals surface area contributed by atoms with E-state index in [1.165, 1.54) is 28.4 Å². The van der Waals surface area contributed by atoms with E-state index in [1.54, 1.807) is 11.3 Å². The van der Waals surface area contributed by atoms with Crippen molar-refractivity contribution in [2.45, 2.75) is 45.4 Å². The van der Waals surface area contributed by atoms with Crippen LogP contribution in [0.15, 0.2) is 5.38 Å². The molecule has 0 saturated heterocycles. The summed E-state index contributed by atoms with van der Waals surface area (Å²) in [5.41, 5.74) is 2.36. The maximum Gasteiger partial charge on any atom is 0.183 e. The Labute approximate surface area is 122 Å². The fraction of sp³-hybridized carbons (Fsp3) is 0.571. The number of hydrogen-bond acceptors (Lipinski definition) is 5. The molecule has 102 valence electrons. The van der Waals surface area contributed by atoms with Crippen LogP contribution in [-0.2, 0) is 6.42 Å². The van der Waals surface area contributed by atoms with Gasteiger partial charge in [-0.05, 0) is 26.2 Å². The van der Waals surface area contributed by atoms with Crippen molar-refractivity contribution in [2.75, 3.05) is 11.9 Å². The average molecular weight is 293 g/mol. The molecule has 2 aromatic rings. The molecule has 1 N–H and O–H groups in total. The van der Waals surface area contributed by atoms with E-state index < -0.39 is 0 Å². The number of nitrogens with zero attached hydrogens (tertiary/aromatic N) is 2. The molecule has 0 aliphatic heterocycles. The summed E-state index contributed by atoms with van der Waals surface area (Å²) in [5.74, 6) is 0.737. The molecular weight excluding hydrogens is 274 g/mol. The predicted octanol–water partition coefficient (Wildman–Crippen LogP) is 4.53. The maximum atomic E-state index is 4.86. The Morgan fingerprint density at radius 3 is 2.84 bits per heavy atom. The Kier molecular flexibility index (Phi) is 3.84. The van der Waals surface area contributed by atoms with Gasteiger partial charge in [0, 0.05) is 17.8 Å². The van der Waals surface area contributed by atoms with E-state index in [1.807, 2.05) is 11.3 Å². The number of anilines is 1. The summed E-state index contributed by atoms with van der Waals surface area (Å²) in [6.07, 6.45) is 4.84. The van der Waals surface area contributed by atoms with Crippen molar-refractivity contribution < 1.29 is 0 Å². The second kappa shape index (κ2) is 5.59. The van der Waals surface area contributed by atoms with Crippen LogP contribution in [0.2, 0.25) is 0 Å². The van der Waals surface area contributed by atoms with Gasteiger partial charge in [0.2, 0.25) is 0 Å². The Balaban J connectivity index is 1.91. The van der Waals surface area contributed by atoms with Gasteiger partial charge in [-0.1, -0.05) is 13.3 Å². The highest BCUT2D eigenvalue weighted by Crippen LogP contribution is 2.45. The minimum Gasteiger partial charge on any atom is -0.362 e. The van der Waals surface area contributed by atoms with Gasteiger partial charge in [-0.2, -0.15) is 0 Å². The Morgan fingerprint density at radius 1 is 1.32 bits per heavy atom. The van der Waals surface area contributed by atoms with E-state index in [-0.39, 0.29) is 0 Å². The maximum absolute atomic E-state index is 4.86. The lowest BCUT2D eigenvalue weighted by Gasteiger charge is -1.97. The van der Waals surface area contributed by atoms with Crippen LogP contribution in [0.3, 0.4) is 0 Å². The quantitative estimate of drug-likeness (QED) is 0.850.